The van der Waals surface area contributed by atoms with Crippen molar-refractivity contribution in [2.75, 3.05) is 6.61 Å². The zero-order chi connectivity index (χ0) is 12.1. The second-order valence-corrected chi connectivity index (χ2v) is 4.79. The molecule has 0 aliphatic rings. The molecule has 0 unspecified atom stereocenters. The van der Waals surface area contributed by atoms with Crippen LogP contribution in [-0.2, 0) is 11.3 Å². The fraction of sp³-hybridized carbons (Fsp3) is 0.167. The van der Waals surface area contributed by atoms with Crippen molar-refractivity contribution in [1.29, 1.82) is 0 Å². The second-order valence-electron chi connectivity index (χ2n) is 3.28. The third-order valence-electron chi connectivity index (χ3n) is 2.02. The summed E-state index contributed by atoms with van der Waals surface area (Å²) in [6, 6.07) is 5.88. The minimum Gasteiger partial charge on any atom is -0.372 e. The highest BCUT2D eigenvalue weighted by atomic mass is 35.5. The van der Waals surface area contributed by atoms with E-state index in [4.69, 9.17) is 16.3 Å². The molecule has 0 N–H and O–H groups in total. The van der Waals surface area contributed by atoms with Crippen LogP contribution in [0.5, 0.6) is 0 Å². The lowest BCUT2D eigenvalue weighted by Gasteiger charge is -1.97. The molecular weight excluding hydrogens is 256 g/mol. The van der Waals surface area contributed by atoms with Crippen LogP contribution in [0.25, 0.3) is 10.6 Å². The van der Waals surface area contributed by atoms with Crippen molar-refractivity contribution >= 4 is 22.9 Å². The first-order chi connectivity index (χ1) is 8.29. The van der Waals surface area contributed by atoms with Crippen molar-refractivity contribution in [3.63, 3.8) is 0 Å². The molecule has 0 saturated carbocycles. The van der Waals surface area contributed by atoms with E-state index in [0.29, 0.717) is 13.2 Å². The van der Waals surface area contributed by atoms with E-state index in [2.05, 4.69) is 16.5 Å². The largest absolute Gasteiger partial charge is 0.372 e. The summed E-state index contributed by atoms with van der Waals surface area (Å²) in [6.07, 6.45) is 3.39. The van der Waals surface area contributed by atoms with Gasteiger partial charge in [0.15, 0.2) is 0 Å². The molecule has 2 rings (SSSR count). The van der Waals surface area contributed by atoms with Gasteiger partial charge in [-0.1, -0.05) is 6.08 Å². The molecule has 0 atom stereocenters. The van der Waals surface area contributed by atoms with Gasteiger partial charge in [0.2, 0.25) is 5.28 Å². The average Bonchev–Trinajstić information content (AvgIpc) is 2.78. The van der Waals surface area contributed by atoms with Gasteiger partial charge in [0.05, 0.1) is 23.8 Å². The van der Waals surface area contributed by atoms with Crippen molar-refractivity contribution in [2.45, 2.75) is 6.61 Å². The van der Waals surface area contributed by atoms with E-state index in [1.165, 1.54) is 0 Å². The highest BCUT2D eigenvalue weighted by Crippen LogP contribution is 2.27. The highest BCUT2D eigenvalue weighted by Gasteiger charge is 2.05. The summed E-state index contributed by atoms with van der Waals surface area (Å²) >= 11 is 7.39. The predicted octanol–water partition coefficient (Wildman–Crippen LogP) is 3.56. The summed E-state index contributed by atoms with van der Waals surface area (Å²) in [6.45, 7) is 4.76. The fourth-order valence-corrected chi connectivity index (χ4v) is 2.37. The van der Waals surface area contributed by atoms with Crippen LogP contribution in [0, 0.1) is 0 Å². The minimum absolute atomic E-state index is 0.264. The van der Waals surface area contributed by atoms with Gasteiger partial charge in [-0.25, -0.2) is 9.97 Å². The molecule has 2 aromatic heterocycles. The van der Waals surface area contributed by atoms with Gasteiger partial charge in [-0.05, 0) is 29.8 Å². The molecule has 2 aromatic rings. The molecule has 2 heterocycles. The van der Waals surface area contributed by atoms with Crippen LogP contribution in [-0.4, -0.2) is 16.6 Å². The van der Waals surface area contributed by atoms with Gasteiger partial charge in [0, 0.05) is 11.1 Å². The predicted molar refractivity (Wildman–Crippen MR) is 70.2 cm³/mol. The van der Waals surface area contributed by atoms with E-state index < -0.39 is 0 Å². The molecule has 0 radical (unpaired) electrons. The van der Waals surface area contributed by atoms with Crippen molar-refractivity contribution < 1.29 is 4.74 Å². The molecule has 0 saturated heterocycles. The maximum absolute atomic E-state index is 5.75. The van der Waals surface area contributed by atoms with Gasteiger partial charge in [0.25, 0.3) is 0 Å². The van der Waals surface area contributed by atoms with Gasteiger partial charge in [0.1, 0.15) is 0 Å². The first-order valence-corrected chi connectivity index (χ1v) is 6.25. The molecule has 0 aliphatic carbocycles. The quantitative estimate of drug-likeness (QED) is 0.471. The third-order valence-corrected chi connectivity index (χ3v) is 3.28. The van der Waals surface area contributed by atoms with Crippen LogP contribution >= 0.6 is 22.9 Å². The molecule has 17 heavy (non-hydrogen) atoms. The lowest BCUT2D eigenvalue weighted by Crippen LogP contribution is -1.88. The molecular formula is C12H11ClN2OS. The highest BCUT2D eigenvalue weighted by molar-refractivity contribution is 7.15. The SMILES string of the molecule is C=CCOCc1ccc(-c2ccnc(Cl)n2)s1. The van der Waals surface area contributed by atoms with Gasteiger partial charge in [-0.2, -0.15) is 0 Å². The fourth-order valence-electron chi connectivity index (χ4n) is 1.31. The summed E-state index contributed by atoms with van der Waals surface area (Å²) in [5.41, 5.74) is 0.838. The Morgan fingerprint density at radius 1 is 1.41 bits per heavy atom. The summed E-state index contributed by atoms with van der Waals surface area (Å²) in [4.78, 5) is 10.2. The molecule has 0 amide bonds. The molecule has 3 nitrogen and oxygen atoms in total. The molecule has 0 spiro atoms. The Balaban J connectivity index is 2.10. The van der Waals surface area contributed by atoms with Crippen LogP contribution in [0.15, 0.2) is 37.1 Å². The first-order valence-electron chi connectivity index (χ1n) is 5.06. The van der Waals surface area contributed by atoms with Crippen LogP contribution < -0.4 is 0 Å². The number of halogens is 1. The monoisotopic (exact) mass is 266 g/mol. The number of thiophene rings is 1. The number of ether oxygens (including phenoxy) is 1. The zero-order valence-electron chi connectivity index (χ0n) is 9.10. The van der Waals surface area contributed by atoms with Crippen molar-refractivity contribution in [1.82, 2.24) is 9.97 Å². The smallest absolute Gasteiger partial charge is 0.222 e. The Labute approximate surface area is 109 Å². The minimum atomic E-state index is 0.264. The molecule has 0 aliphatic heterocycles. The Morgan fingerprint density at radius 3 is 3.06 bits per heavy atom. The van der Waals surface area contributed by atoms with Crippen molar-refractivity contribution in [3.8, 4) is 10.6 Å². The van der Waals surface area contributed by atoms with E-state index in [1.807, 2.05) is 18.2 Å². The van der Waals surface area contributed by atoms with E-state index in [9.17, 15) is 0 Å². The standard InChI is InChI=1S/C12H11ClN2OS/c1-2-7-16-8-9-3-4-11(17-9)10-5-6-14-12(13)15-10/h2-6H,1,7-8H2. The molecule has 88 valence electrons. The van der Waals surface area contributed by atoms with Crippen molar-refractivity contribution in [3.05, 3.63) is 47.2 Å². The molecule has 0 bridgehead atoms. The van der Waals surface area contributed by atoms with Crippen LogP contribution in [0.3, 0.4) is 0 Å². The van der Waals surface area contributed by atoms with E-state index in [1.54, 1.807) is 23.6 Å². The number of hydrogen-bond acceptors (Lipinski definition) is 4. The number of aromatic nitrogens is 2. The maximum Gasteiger partial charge on any atom is 0.222 e. The first kappa shape index (κ1) is 12.2. The molecule has 0 aromatic carbocycles. The van der Waals surface area contributed by atoms with Crippen molar-refractivity contribution in [2.24, 2.45) is 0 Å². The maximum atomic E-state index is 5.75. The topological polar surface area (TPSA) is 35.0 Å². The number of rotatable bonds is 5. The van der Waals surface area contributed by atoms with E-state index in [-0.39, 0.29) is 5.28 Å². The summed E-state index contributed by atoms with van der Waals surface area (Å²) in [5.74, 6) is 0. The lowest BCUT2D eigenvalue weighted by molar-refractivity contribution is 0.151. The van der Waals surface area contributed by atoms with Crippen LogP contribution in [0.4, 0.5) is 0 Å². The number of hydrogen-bond donors (Lipinski definition) is 0. The van der Waals surface area contributed by atoms with Crippen LogP contribution in [0.2, 0.25) is 5.28 Å². The average molecular weight is 267 g/mol. The van der Waals surface area contributed by atoms with Gasteiger partial charge in [-0.3, -0.25) is 0 Å². The third kappa shape index (κ3) is 3.36. The van der Waals surface area contributed by atoms with E-state index in [0.717, 1.165) is 15.4 Å². The molecule has 5 heteroatoms. The number of nitrogens with zero attached hydrogens (tertiary/aromatic N) is 2. The Kier molecular flexibility index (Phi) is 4.25. The molecule has 0 fully saturated rings. The zero-order valence-corrected chi connectivity index (χ0v) is 10.7. The Morgan fingerprint density at radius 2 is 2.29 bits per heavy atom. The summed E-state index contributed by atoms with van der Waals surface area (Å²) in [5, 5.41) is 0.264. The van der Waals surface area contributed by atoms with Gasteiger partial charge in [-0.15, -0.1) is 17.9 Å². The van der Waals surface area contributed by atoms with Gasteiger partial charge >= 0.3 is 0 Å². The Bertz CT molecular complexity index is 513. The van der Waals surface area contributed by atoms with Gasteiger partial charge < -0.3 is 4.74 Å². The van der Waals surface area contributed by atoms with Crippen LogP contribution in [0.1, 0.15) is 4.88 Å². The normalized spacial score (nSPS) is 10.4. The second kappa shape index (κ2) is 5.91. The van der Waals surface area contributed by atoms with E-state index >= 15 is 0 Å². The Hall–Kier alpha value is -1.23. The summed E-state index contributed by atoms with van der Waals surface area (Å²) < 4.78 is 5.38. The lowest BCUT2D eigenvalue weighted by atomic mass is 10.3. The summed E-state index contributed by atoms with van der Waals surface area (Å²) in [7, 11) is 0.